The van der Waals surface area contributed by atoms with Crippen molar-refractivity contribution in [2.24, 2.45) is 0 Å². The molecule has 5 heteroatoms. The normalized spacial score (nSPS) is 31.1. The zero-order valence-electron chi connectivity index (χ0n) is 10.4. The van der Waals surface area contributed by atoms with E-state index in [1.165, 1.54) is 5.92 Å². The molecule has 0 saturated carbocycles. The van der Waals surface area contributed by atoms with E-state index >= 15 is 0 Å². The molecule has 0 aromatic carbocycles. The van der Waals surface area contributed by atoms with Gasteiger partial charge in [0.15, 0.2) is 0 Å². The molecular weight excluding hydrogens is 417 g/mol. The van der Waals surface area contributed by atoms with E-state index in [2.05, 4.69) is 18.7 Å². The molecule has 1 aliphatic rings. The van der Waals surface area contributed by atoms with Gasteiger partial charge < -0.3 is 4.90 Å². The zero-order chi connectivity index (χ0) is 9.52. The third-order valence-corrected chi connectivity index (χ3v) is 3.45. The van der Waals surface area contributed by atoms with E-state index in [9.17, 15) is 4.79 Å². The van der Waals surface area contributed by atoms with E-state index in [0.29, 0.717) is 6.04 Å². The smallest absolute Gasteiger partial charge is 0.147 e. The SMILES string of the molecule is CC(=O)C1(C)C[C-](C)C(C)N1C.[Y].[Y].[Y]. The van der Waals surface area contributed by atoms with E-state index < -0.39 is 0 Å². The number of likely N-dealkylation sites (N-methyl/N-ethyl adjacent to an activating group) is 1. The Morgan fingerprint density at radius 2 is 1.80 bits per heavy atom. The maximum Gasteiger partial charge on any atom is 0.147 e. The fourth-order valence-electron chi connectivity index (χ4n) is 1.95. The van der Waals surface area contributed by atoms with Gasteiger partial charge in [0.25, 0.3) is 0 Å². The maximum absolute atomic E-state index is 11.4. The number of Topliss-reactive ketones (excluding diaryl/α,β-unsaturated/α-hetero) is 1. The van der Waals surface area contributed by atoms with E-state index in [4.69, 9.17) is 0 Å². The quantitative estimate of drug-likeness (QED) is 0.585. The summed E-state index contributed by atoms with van der Waals surface area (Å²) in [5.41, 5.74) is -0.247. The molecule has 0 bridgehead atoms. The second-order valence-corrected chi connectivity index (χ2v) is 4.14. The molecule has 0 amide bonds. The van der Waals surface area contributed by atoms with Crippen LogP contribution in [0, 0.1) is 5.92 Å². The van der Waals surface area contributed by atoms with Crippen LogP contribution in [-0.4, -0.2) is 29.3 Å². The van der Waals surface area contributed by atoms with Gasteiger partial charge in [-0.2, -0.15) is 13.3 Å². The third-order valence-electron chi connectivity index (χ3n) is 3.45. The molecule has 2 atom stereocenters. The Bertz CT molecular complexity index is 213. The molecule has 2 unspecified atom stereocenters. The van der Waals surface area contributed by atoms with Gasteiger partial charge in [0, 0.05) is 104 Å². The molecule has 15 heavy (non-hydrogen) atoms. The van der Waals surface area contributed by atoms with Crippen molar-refractivity contribution in [3.8, 4) is 0 Å². The van der Waals surface area contributed by atoms with Crippen LogP contribution in [-0.2, 0) is 103 Å². The second kappa shape index (κ2) is 8.94. The molecular formula is C10H18NOY3-. The number of hydrogen-bond acceptors (Lipinski definition) is 2. The Morgan fingerprint density at radius 1 is 1.40 bits per heavy atom. The Morgan fingerprint density at radius 3 is 1.93 bits per heavy atom. The molecule has 0 spiro atoms. The van der Waals surface area contributed by atoms with Crippen LogP contribution < -0.4 is 0 Å². The van der Waals surface area contributed by atoms with Gasteiger partial charge in [0.05, 0.1) is 0 Å². The number of ketones is 1. The molecule has 0 aromatic heterocycles. The molecule has 79 valence electrons. The molecule has 1 rings (SSSR count). The first-order valence-corrected chi connectivity index (χ1v) is 4.46. The third kappa shape index (κ3) is 4.84. The van der Waals surface area contributed by atoms with Crippen molar-refractivity contribution in [3.63, 3.8) is 0 Å². The van der Waals surface area contributed by atoms with Crippen molar-refractivity contribution in [2.45, 2.75) is 45.7 Å². The summed E-state index contributed by atoms with van der Waals surface area (Å²) in [6, 6.07) is 0.443. The first-order valence-electron chi connectivity index (χ1n) is 4.46. The van der Waals surface area contributed by atoms with E-state index in [1.807, 2.05) is 14.0 Å². The van der Waals surface area contributed by atoms with Crippen LogP contribution in [0.1, 0.15) is 34.1 Å². The van der Waals surface area contributed by atoms with E-state index in [1.54, 1.807) is 6.92 Å². The predicted octanol–water partition coefficient (Wildman–Crippen LogP) is 1.64. The fourth-order valence-corrected chi connectivity index (χ4v) is 1.95. The van der Waals surface area contributed by atoms with Gasteiger partial charge in [0.2, 0.25) is 0 Å². The monoisotopic (exact) mass is 435 g/mol. The fraction of sp³-hybridized carbons (Fsp3) is 0.800. The minimum atomic E-state index is -0.247. The predicted molar refractivity (Wildman–Crippen MR) is 49.8 cm³/mol. The standard InChI is InChI=1S/C10H18NO.3Y/c1-7-6-10(4,9(3)12)11(5)8(7)2;;;/h8H,6H2,1-5H3;;;/q-1;;;. The second-order valence-electron chi connectivity index (χ2n) is 4.14. The van der Waals surface area contributed by atoms with Crippen molar-refractivity contribution >= 4 is 5.78 Å². The Kier molecular flexibility index (Phi) is 13.8. The summed E-state index contributed by atoms with van der Waals surface area (Å²) in [7, 11) is 2.03. The Labute approximate surface area is 169 Å². The van der Waals surface area contributed by atoms with Crippen molar-refractivity contribution in [1.82, 2.24) is 4.90 Å². The number of hydrogen-bond donors (Lipinski definition) is 0. The molecule has 1 saturated heterocycles. The number of nitrogens with zero attached hydrogens (tertiary/aromatic N) is 1. The number of rotatable bonds is 1. The van der Waals surface area contributed by atoms with Crippen LogP contribution in [0.25, 0.3) is 0 Å². The largest absolute Gasteiger partial charge is 0.323 e. The van der Waals surface area contributed by atoms with Crippen LogP contribution in [0.5, 0.6) is 0 Å². The van der Waals surface area contributed by atoms with Crippen molar-refractivity contribution in [3.05, 3.63) is 5.92 Å². The molecule has 1 heterocycles. The minimum absolute atomic E-state index is 0. The van der Waals surface area contributed by atoms with E-state index in [0.717, 1.165) is 6.42 Å². The first kappa shape index (κ1) is 23.1. The Hall–Kier alpha value is 2.94. The van der Waals surface area contributed by atoms with Gasteiger partial charge in [-0.1, -0.05) is 6.92 Å². The summed E-state index contributed by atoms with van der Waals surface area (Å²) in [4.78, 5) is 13.6. The first-order chi connectivity index (χ1) is 5.39. The summed E-state index contributed by atoms with van der Waals surface area (Å²) < 4.78 is 0. The number of carbonyl (C=O) groups excluding carboxylic acids is 1. The van der Waals surface area contributed by atoms with Crippen molar-refractivity contribution in [1.29, 1.82) is 0 Å². The van der Waals surface area contributed by atoms with Crippen LogP contribution in [0.4, 0.5) is 0 Å². The van der Waals surface area contributed by atoms with E-state index in [-0.39, 0.29) is 109 Å². The number of carbonyl (C=O) groups is 1. The molecule has 0 aliphatic carbocycles. The molecule has 0 aromatic rings. The topological polar surface area (TPSA) is 20.3 Å². The van der Waals surface area contributed by atoms with Crippen molar-refractivity contribution in [2.75, 3.05) is 7.05 Å². The molecule has 1 aliphatic heterocycles. The molecule has 2 nitrogen and oxygen atoms in total. The Balaban J connectivity index is -0.000000480. The maximum atomic E-state index is 11.4. The minimum Gasteiger partial charge on any atom is -0.323 e. The average molecular weight is 435 g/mol. The zero-order valence-corrected chi connectivity index (χ0v) is 18.9. The van der Waals surface area contributed by atoms with Gasteiger partial charge in [-0.15, -0.1) is 6.04 Å². The summed E-state index contributed by atoms with van der Waals surface area (Å²) >= 11 is 0. The summed E-state index contributed by atoms with van der Waals surface area (Å²) in [6.45, 7) is 8.00. The van der Waals surface area contributed by atoms with Crippen LogP contribution >= 0.6 is 0 Å². The molecule has 3 radical (unpaired) electrons. The van der Waals surface area contributed by atoms with Crippen molar-refractivity contribution < 1.29 is 103 Å². The summed E-state index contributed by atoms with van der Waals surface area (Å²) in [5, 5.41) is 0. The van der Waals surface area contributed by atoms with Gasteiger partial charge in [-0.05, 0) is 20.9 Å². The van der Waals surface area contributed by atoms with Gasteiger partial charge in [-0.3, -0.25) is 10.7 Å². The molecule has 0 N–H and O–H groups in total. The molecule has 1 fully saturated rings. The van der Waals surface area contributed by atoms with Crippen LogP contribution in [0.15, 0.2) is 0 Å². The van der Waals surface area contributed by atoms with Gasteiger partial charge >= 0.3 is 0 Å². The summed E-state index contributed by atoms with van der Waals surface area (Å²) in [6.07, 6.45) is 0.917. The number of likely N-dealkylation sites (tertiary alicyclic amines) is 1. The average Bonchev–Trinajstić information content (AvgIpc) is 2.17. The van der Waals surface area contributed by atoms with Crippen LogP contribution in [0.2, 0.25) is 0 Å². The summed E-state index contributed by atoms with van der Waals surface area (Å²) in [5.74, 6) is 1.68. The van der Waals surface area contributed by atoms with Crippen LogP contribution in [0.3, 0.4) is 0 Å². The van der Waals surface area contributed by atoms with Gasteiger partial charge in [-0.25, -0.2) is 0 Å². The van der Waals surface area contributed by atoms with Gasteiger partial charge in [0.1, 0.15) is 5.78 Å².